The Kier molecular flexibility index (Phi) is 5.70. The molecule has 0 saturated heterocycles. The van der Waals surface area contributed by atoms with Crippen molar-refractivity contribution in [2.75, 3.05) is 25.5 Å². The molecule has 5 nitrogen and oxygen atoms in total. The zero-order chi connectivity index (χ0) is 13.4. The Morgan fingerprint density at radius 1 is 1.28 bits per heavy atom. The number of hydrogen-bond donors (Lipinski definition) is 2. The van der Waals surface area contributed by atoms with Crippen LogP contribution in [0.4, 0.5) is 5.69 Å². The summed E-state index contributed by atoms with van der Waals surface area (Å²) in [4.78, 5) is 23.0. The maximum atomic E-state index is 11.9. The molecule has 5 heteroatoms. The van der Waals surface area contributed by atoms with Gasteiger partial charge in [0.05, 0.1) is 18.6 Å². The van der Waals surface area contributed by atoms with Crippen molar-refractivity contribution in [3.05, 3.63) is 29.8 Å². The van der Waals surface area contributed by atoms with E-state index in [0.29, 0.717) is 12.2 Å². The van der Waals surface area contributed by atoms with Crippen LogP contribution in [0.1, 0.15) is 23.7 Å². The molecule has 0 spiro atoms. The lowest BCUT2D eigenvalue weighted by atomic mass is 10.1. The highest BCUT2D eigenvalue weighted by atomic mass is 16.5. The lowest BCUT2D eigenvalue weighted by Crippen LogP contribution is -2.27. The quantitative estimate of drug-likeness (QED) is 0.749. The Bertz CT molecular complexity index is 418. The molecular weight excluding hydrogens is 232 g/mol. The van der Waals surface area contributed by atoms with Crippen molar-refractivity contribution in [3.8, 4) is 0 Å². The first-order valence-corrected chi connectivity index (χ1v) is 5.89. The van der Waals surface area contributed by atoms with Gasteiger partial charge in [-0.25, -0.2) is 0 Å². The zero-order valence-electron chi connectivity index (χ0n) is 10.7. The number of anilines is 1. The monoisotopic (exact) mass is 250 g/mol. The third-order valence-electron chi connectivity index (χ3n) is 2.36. The Labute approximate surface area is 107 Å². The lowest BCUT2D eigenvalue weighted by Gasteiger charge is -2.09. The number of para-hydroxylation sites is 1. The zero-order valence-corrected chi connectivity index (χ0v) is 10.7. The van der Waals surface area contributed by atoms with Crippen LogP contribution in [0.3, 0.4) is 0 Å². The van der Waals surface area contributed by atoms with Crippen molar-refractivity contribution < 1.29 is 14.3 Å². The molecule has 0 heterocycles. The van der Waals surface area contributed by atoms with E-state index in [2.05, 4.69) is 10.6 Å². The third-order valence-corrected chi connectivity index (χ3v) is 2.36. The summed E-state index contributed by atoms with van der Waals surface area (Å²) in [5, 5.41) is 5.63. The first-order valence-electron chi connectivity index (χ1n) is 5.89. The molecule has 0 saturated carbocycles. The van der Waals surface area contributed by atoms with Gasteiger partial charge in [0.1, 0.15) is 0 Å². The standard InChI is InChI=1S/C13H18N2O3/c1-3-18-12(16)8-9-15-13(17)10-6-4-5-7-11(10)14-2/h4-7,14H,3,8-9H2,1-2H3,(H,15,17). The van der Waals surface area contributed by atoms with Crippen molar-refractivity contribution in [3.63, 3.8) is 0 Å². The van der Waals surface area contributed by atoms with Crippen LogP contribution in [0, 0.1) is 0 Å². The van der Waals surface area contributed by atoms with Crippen LogP contribution in [0.25, 0.3) is 0 Å². The summed E-state index contributed by atoms with van der Waals surface area (Å²) in [6, 6.07) is 7.19. The second-order valence-electron chi connectivity index (χ2n) is 3.61. The van der Waals surface area contributed by atoms with Crippen molar-refractivity contribution in [2.45, 2.75) is 13.3 Å². The van der Waals surface area contributed by atoms with Crippen molar-refractivity contribution in [2.24, 2.45) is 0 Å². The van der Waals surface area contributed by atoms with Gasteiger partial charge in [0.2, 0.25) is 0 Å². The molecule has 0 radical (unpaired) electrons. The van der Waals surface area contributed by atoms with Gasteiger partial charge in [-0.05, 0) is 19.1 Å². The molecule has 1 aromatic rings. The van der Waals surface area contributed by atoms with Crippen LogP contribution in [0.2, 0.25) is 0 Å². The fourth-order valence-corrected chi connectivity index (χ4v) is 1.51. The van der Waals surface area contributed by atoms with Gasteiger partial charge in [-0.15, -0.1) is 0 Å². The van der Waals surface area contributed by atoms with Crippen LogP contribution in [-0.2, 0) is 9.53 Å². The highest BCUT2D eigenvalue weighted by Gasteiger charge is 2.10. The van der Waals surface area contributed by atoms with E-state index in [1.165, 1.54) is 0 Å². The normalized spacial score (nSPS) is 9.67. The smallest absolute Gasteiger partial charge is 0.307 e. The average molecular weight is 250 g/mol. The first-order chi connectivity index (χ1) is 8.69. The molecule has 1 amide bonds. The summed E-state index contributed by atoms with van der Waals surface area (Å²) in [6.45, 7) is 2.38. The fourth-order valence-electron chi connectivity index (χ4n) is 1.51. The topological polar surface area (TPSA) is 67.4 Å². The predicted octanol–water partition coefficient (Wildman–Crippen LogP) is 1.41. The van der Waals surface area contributed by atoms with Crippen molar-refractivity contribution >= 4 is 17.6 Å². The van der Waals surface area contributed by atoms with Crippen LogP contribution in [0.5, 0.6) is 0 Å². The molecule has 0 unspecified atom stereocenters. The third kappa shape index (κ3) is 4.08. The number of ether oxygens (including phenoxy) is 1. The molecule has 98 valence electrons. The summed E-state index contributed by atoms with van der Waals surface area (Å²) in [6.07, 6.45) is 0.182. The predicted molar refractivity (Wildman–Crippen MR) is 69.6 cm³/mol. The van der Waals surface area contributed by atoms with Gasteiger partial charge in [-0.1, -0.05) is 12.1 Å². The fraction of sp³-hybridized carbons (Fsp3) is 0.385. The van der Waals surface area contributed by atoms with E-state index in [9.17, 15) is 9.59 Å². The lowest BCUT2D eigenvalue weighted by molar-refractivity contribution is -0.142. The van der Waals surface area contributed by atoms with E-state index < -0.39 is 0 Å². The molecule has 0 aliphatic rings. The largest absolute Gasteiger partial charge is 0.466 e. The van der Waals surface area contributed by atoms with E-state index in [4.69, 9.17) is 4.74 Å². The molecule has 0 atom stereocenters. The number of carbonyl (C=O) groups is 2. The number of hydrogen-bond acceptors (Lipinski definition) is 4. The summed E-state index contributed by atoms with van der Waals surface area (Å²) >= 11 is 0. The second-order valence-corrected chi connectivity index (χ2v) is 3.61. The highest BCUT2D eigenvalue weighted by Crippen LogP contribution is 2.13. The summed E-state index contributed by atoms with van der Waals surface area (Å²) in [7, 11) is 1.75. The summed E-state index contributed by atoms with van der Waals surface area (Å²) in [5.74, 6) is -0.510. The van der Waals surface area contributed by atoms with Crippen LogP contribution < -0.4 is 10.6 Å². The SMILES string of the molecule is CCOC(=O)CCNC(=O)c1ccccc1NC. The maximum Gasteiger partial charge on any atom is 0.307 e. The number of esters is 1. The molecule has 18 heavy (non-hydrogen) atoms. The minimum absolute atomic E-state index is 0.182. The Hall–Kier alpha value is -2.04. The number of rotatable bonds is 6. The van der Waals surface area contributed by atoms with Gasteiger partial charge in [-0.3, -0.25) is 9.59 Å². The van der Waals surface area contributed by atoms with E-state index in [1.54, 1.807) is 26.1 Å². The van der Waals surface area contributed by atoms with E-state index >= 15 is 0 Å². The molecule has 0 aliphatic carbocycles. The maximum absolute atomic E-state index is 11.9. The summed E-state index contributed by atoms with van der Waals surface area (Å²) in [5.41, 5.74) is 1.31. The van der Waals surface area contributed by atoms with Gasteiger partial charge in [0.25, 0.3) is 5.91 Å². The Balaban J connectivity index is 2.48. The molecule has 0 fully saturated rings. The van der Waals surface area contributed by atoms with Gasteiger partial charge in [0.15, 0.2) is 0 Å². The van der Waals surface area contributed by atoms with E-state index in [1.807, 2.05) is 12.1 Å². The van der Waals surface area contributed by atoms with Crippen LogP contribution in [-0.4, -0.2) is 32.1 Å². The van der Waals surface area contributed by atoms with Crippen molar-refractivity contribution in [1.29, 1.82) is 0 Å². The molecule has 1 rings (SSSR count). The first kappa shape index (κ1) is 14.0. The molecule has 0 aliphatic heterocycles. The number of amides is 1. The average Bonchev–Trinajstić information content (AvgIpc) is 2.38. The second kappa shape index (κ2) is 7.32. The molecule has 2 N–H and O–H groups in total. The molecular formula is C13H18N2O3. The van der Waals surface area contributed by atoms with Crippen molar-refractivity contribution in [1.82, 2.24) is 5.32 Å². The van der Waals surface area contributed by atoms with E-state index in [0.717, 1.165) is 5.69 Å². The van der Waals surface area contributed by atoms with Gasteiger partial charge in [0, 0.05) is 19.3 Å². The van der Waals surface area contributed by atoms with Gasteiger partial charge >= 0.3 is 5.97 Å². The van der Waals surface area contributed by atoms with Gasteiger partial charge in [-0.2, -0.15) is 0 Å². The van der Waals surface area contributed by atoms with Crippen LogP contribution >= 0.6 is 0 Å². The van der Waals surface area contributed by atoms with E-state index in [-0.39, 0.29) is 24.8 Å². The summed E-state index contributed by atoms with van der Waals surface area (Å²) < 4.78 is 4.77. The number of benzene rings is 1. The molecule has 1 aromatic carbocycles. The molecule has 0 aromatic heterocycles. The minimum Gasteiger partial charge on any atom is -0.466 e. The van der Waals surface area contributed by atoms with Gasteiger partial charge < -0.3 is 15.4 Å². The number of carbonyl (C=O) groups excluding carboxylic acids is 2. The Morgan fingerprint density at radius 3 is 2.67 bits per heavy atom. The highest BCUT2D eigenvalue weighted by molar-refractivity contribution is 5.99. The minimum atomic E-state index is -0.306. The molecule has 0 bridgehead atoms. The number of nitrogens with one attached hydrogen (secondary N) is 2. The Morgan fingerprint density at radius 2 is 2.00 bits per heavy atom. The van der Waals surface area contributed by atoms with Crippen LogP contribution in [0.15, 0.2) is 24.3 Å².